The van der Waals surface area contributed by atoms with Crippen molar-refractivity contribution in [2.45, 2.75) is 12.8 Å². The molecule has 0 saturated carbocycles. The Kier molecular flexibility index (Phi) is 7.57. The van der Waals surface area contributed by atoms with Crippen LogP contribution in [-0.4, -0.2) is 87.1 Å². The lowest BCUT2D eigenvalue weighted by Crippen LogP contribution is -2.48. The van der Waals surface area contributed by atoms with Gasteiger partial charge in [-0.15, -0.1) is 0 Å². The van der Waals surface area contributed by atoms with Crippen molar-refractivity contribution in [1.82, 2.24) is 15.1 Å². The SMILES string of the molecule is CCNC(=O)c1ccc2c(c1)NC(=O)C2C=Nc1ccc(N(C)C(=O)CN2CCN(C)CC2)cc1. The highest BCUT2D eigenvalue weighted by molar-refractivity contribution is 6.13. The van der Waals surface area contributed by atoms with Crippen molar-refractivity contribution in [2.24, 2.45) is 4.99 Å². The number of benzene rings is 2. The quantitative estimate of drug-likeness (QED) is 0.597. The largest absolute Gasteiger partial charge is 0.352 e. The van der Waals surface area contributed by atoms with E-state index in [1.807, 2.05) is 31.2 Å². The molecule has 2 aliphatic heterocycles. The third-order valence-electron chi connectivity index (χ3n) is 6.47. The van der Waals surface area contributed by atoms with Gasteiger partial charge in [-0.3, -0.25) is 24.3 Å². The Morgan fingerprint density at radius 1 is 1.14 bits per heavy atom. The second-order valence-corrected chi connectivity index (χ2v) is 8.96. The number of carbonyl (C=O) groups is 3. The number of hydrogen-bond donors (Lipinski definition) is 2. The number of carbonyl (C=O) groups excluding carboxylic acids is 3. The lowest BCUT2D eigenvalue weighted by molar-refractivity contribution is -0.120. The summed E-state index contributed by atoms with van der Waals surface area (Å²) in [6.45, 7) is 6.55. The van der Waals surface area contributed by atoms with Gasteiger partial charge in [-0.2, -0.15) is 0 Å². The molecule has 184 valence electrons. The summed E-state index contributed by atoms with van der Waals surface area (Å²) in [6.07, 6.45) is 1.62. The van der Waals surface area contributed by atoms with Crippen molar-refractivity contribution in [2.75, 3.05) is 63.6 Å². The Morgan fingerprint density at radius 2 is 1.86 bits per heavy atom. The maximum absolute atomic E-state index is 12.7. The number of anilines is 2. The minimum atomic E-state index is -0.527. The zero-order chi connectivity index (χ0) is 24.9. The van der Waals surface area contributed by atoms with Crippen LogP contribution in [0.5, 0.6) is 0 Å². The van der Waals surface area contributed by atoms with Gasteiger partial charge in [0.05, 0.1) is 12.2 Å². The summed E-state index contributed by atoms with van der Waals surface area (Å²) in [7, 11) is 3.88. The second-order valence-electron chi connectivity index (χ2n) is 8.96. The van der Waals surface area contributed by atoms with Gasteiger partial charge in [0.2, 0.25) is 11.8 Å². The molecule has 4 rings (SSSR count). The maximum atomic E-state index is 12.7. The monoisotopic (exact) mass is 476 g/mol. The van der Waals surface area contributed by atoms with Crippen molar-refractivity contribution >= 4 is 41.0 Å². The topological polar surface area (TPSA) is 97.3 Å². The van der Waals surface area contributed by atoms with Crippen LogP contribution in [-0.2, 0) is 9.59 Å². The molecule has 0 aromatic heterocycles. The summed E-state index contributed by atoms with van der Waals surface area (Å²) >= 11 is 0. The van der Waals surface area contributed by atoms with Gasteiger partial charge < -0.3 is 20.4 Å². The molecule has 2 N–H and O–H groups in total. The molecular formula is C26H32N6O3. The predicted molar refractivity (Wildman–Crippen MR) is 138 cm³/mol. The molecule has 35 heavy (non-hydrogen) atoms. The summed E-state index contributed by atoms with van der Waals surface area (Å²) < 4.78 is 0. The number of rotatable bonds is 7. The Balaban J connectivity index is 1.38. The fourth-order valence-electron chi connectivity index (χ4n) is 4.21. The standard InChI is InChI=1S/C26H32N6O3/c1-4-27-25(34)18-5-10-21-22(26(35)29-23(21)15-18)16-28-19-6-8-20(9-7-19)31(3)24(33)17-32-13-11-30(2)12-14-32/h5-10,15-16,22H,4,11-14,17H2,1-3H3,(H,27,34)(H,29,35). The number of amides is 3. The van der Waals surface area contributed by atoms with E-state index in [4.69, 9.17) is 0 Å². The highest BCUT2D eigenvalue weighted by atomic mass is 16.2. The smallest absolute Gasteiger partial charge is 0.251 e. The van der Waals surface area contributed by atoms with E-state index in [-0.39, 0.29) is 17.7 Å². The molecule has 1 unspecified atom stereocenters. The van der Waals surface area contributed by atoms with Gasteiger partial charge in [-0.1, -0.05) is 6.07 Å². The molecule has 0 radical (unpaired) electrons. The zero-order valence-electron chi connectivity index (χ0n) is 20.5. The molecular weight excluding hydrogens is 444 g/mol. The first kappa shape index (κ1) is 24.6. The van der Waals surface area contributed by atoms with Crippen molar-refractivity contribution < 1.29 is 14.4 Å². The number of nitrogens with zero attached hydrogens (tertiary/aromatic N) is 4. The Labute approximate surface area is 205 Å². The van der Waals surface area contributed by atoms with Crippen molar-refractivity contribution in [3.8, 4) is 0 Å². The highest BCUT2D eigenvalue weighted by Gasteiger charge is 2.29. The van der Waals surface area contributed by atoms with E-state index in [0.29, 0.717) is 30.0 Å². The van der Waals surface area contributed by atoms with Crippen LogP contribution in [0.1, 0.15) is 28.8 Å². The number of aliphatic imine (C=N–C) groups is 1. The van der Waals surface area contributed by atoms with E-state index >= 15 is 0 Å². The fraction of sp³-hybridized carbons (Fsp3) is 0.385. The van der Waals surface area contributed by atoms with Gasteiger partial charge in [-0.25, -0.2) is 0 Å². The molecule has 3 amide bonds. The number of likely N-dealkylation sites (N-methyl/N-ethyl adjacent to an activating group) is 2. The first-order valence-electron chi connectivity index (χ1n) is 11.9. The summed E-state index contributed by atoms with van der Waals surface area (Å²) in [5, 5.41) is 5.59. The van der Waals surface area contributed by atoms with E-state index in [1.54, 1.807) is 36.4 Å². The number of nitrogens with one attached hydrogen (secondary N) is 2. The summed E-state index contributed by atoms with van der Waals surface area (Å²) in [6, 6.07) is 12.6. The maximum Gasteiger partial charge on any atom is 0.251 e. The van der Waals surface area contributed by atoms with Crippen LogP contribution in [0.3, 0.4) is 0 Å². The van der Waals surface area contributed by atoms with Gasteiger partial charge >= 0.3 is 0 Å². The third kappa shape index (κ3) is 5.75. The summed E-state index contributed by atoms with van der Waals surface area (Å²) in [5.74, 6) is -0.825. The lowest BCUT2D eigenvalue weighted by atomic mass is 10.00. The molecule has 2 heterocycles. The van der Waals surface area contributed by atoms with Crippen LogP contribution < -0.4 is 15.5 Å². The lowest BCUT2D eigenvalue weighted by Gasteiger charge is -2.32. The Bertz CT molecular complexity index is 1120. The van der Waals surface area contributed by atoms with E-state index in [0.717, 1.165) is 37.4 Å². The van der Waals surface area contributed by atoms with E-state index in [9.17, 15) is 14.4 Å². The molecule has 1 fully saturated rings. The van der Waals surface area contributed by atoms with Gasteiger partial charge in [0, 0.05) is 62.9 Å². The number of piperazine rings is 1. The van der Waals surface area contributed by atoms with E-state index in [1.165, 1.54) is 0 Å². The molecule has 1 saturated heterocycles. The molecule has 2 aromatic rings. The average Bonchev–Trinajstić information content (AvgIpc) is 3.18. The van der Waals surface area contributed by atoms with Crippen LogP contribution in [0.25, 0.3) is 0 Å². The van der Waals surface area contributed by atoms with Gasteiger partial charge in [0.15, 0.2) is 0 Å². The van der Waals surface area contributed by atoms with Gasteiger partial charge in [0.25, 0.3) is 5.91 Å². The minimum Gasteiger partial charge on any atom is -0.352 e. The van der Waals surface area contributed by atoms with Crippen LogP contribution in [0.15, 0.2) is 47.5 Å². The normalized spacial score (nSPS) is 18.4. The van der Waals surface area contributed by atoms with Gasteiger partial charge in [-0.05, 0) is 55.9 Å². The second kappa shape index (κ2) is 10.8. The van der Waals surface area contributed by atoms with Crippen LogP contribution in [0.4, 0.5) is 17.1 Å². The fourth-order valence-corrected chi connectivity index (χ4v) is 4.21. The molecule has 2 aliphatic rings. The average molecular weight is 477 g/mol. The highest BCUT2D eigenvalue weighted by Crippen LogP contribution is 2.33. The van der Waals surface area contributed by atoms with E-state index < -0.39 is 5.92 Å². The van der Waals surface area contributed by atoms with Crippen LogP contribution in [0.2, 0.25) is 0 Å². The van der Waals surface area contributed by atoms with Crippen LogP contribution >= 0.6 is 0 Å². The molecule has 2 aromatic carbocycles. The van der Waals surface area contributed by atoms with Crippen molar-refractivity contribution in [3.05, 3.63) is 53.6 Å². The molecule has 0 spiro atoms. The summed E-state index contributed by atoms with van der Waals surface area (Å²) in [4.78, 5) is 47.9. The molecule has 9 nitrogen and oxygen atoms in total. The number of fused-ring (bicyclic) bond motifs is 1. The molecule has 9 heteroatoms. The van der Waals surface area contributed by atoms with Gasteiger partial charge in [0.1, 0.15) is 5.92 Å². The minimum absolute atomic E-state index is 0.0528. The van der Waals surface area contributed by atoms with Crippen molar-refractivity contribution in [3.63, 3.8) is 0 Å². The molecule has 1 atom stereocenters. The third-order valence-corrected chi connectivity index (χ3v) is 6.47. The Hall–Kier alpha value is -3.56. The van der Waals surface area contributed by atoms with Crippen molar-refractivity contribution in [1.29, 1.82) is 0 Å². The first-order valence-corrected chi connectivity index (χ1v) is 11.9. The number of hydrogen-bond acceptors (Lipinski definition) is 6. The van der Waals surface area contributed by atoms with E-state index in [2.05, 4.69) is 32.5 Å². The molecule has 0 bridgehead atoms. The molecule has 0 aliphatic carbocycles. The van der Waals surface area contributed by atoms with Crippen LogP contribution in [0, 0.1) is 0 Å². The predicted octanol–water partition coefficient (Wildman–Crippen LogP) is 2.08. The Morgan fingerprint density at radius 3 is 2.54 bits per heavy atom. The zero-order valence-corrected chi connectivity index (χ0v) is 20.5. The summed E-state index contributed by atoms with van der Waals surface area (Å²) in [5.41, 5.74) is 3.41. The first-order chi connectivity index (χ1) is 16.9.